The van der Waals surface area contributed by atoms with Crippen molar-refractivity contribution in [3.63, 3.8) is 0 Å². The molecule has 0 aliphatic carbocycles. The molecule has 0 radical (unpaired) electrons. The molecule has 2 heterocycles. The number of benzene rings is 1. The quantitative estimate of drug-likeness (QED) is 0.683. The molecule has 1 aliphatic heterocycles. The smallest absolute Gasteiger partial charge is 0.343 e. The Balaban J connectivity index is 2.31. The predicted octanol–water partition coefficient (Wildman–Crippen LogP) is 1.70. The van der Waals surface area contributed by atoms with Crippen LogP contribution in [0.2, 0.25) is 0 Å². The number of rotatable bonds is 1. The molecular formula is C12H10O4. The van der Waals surface area contributed by atoms with Crippen molar-refractivity contribution in [1.82, 2.24) is 0 Å². The molecule has 1 aromatic carbocycles. The zero-order chi connectivity index (χ0) is 11.1. The van der Waals surface area contributed by atoms with E-state index in [9.17, 15) is 4.79 Å². The van der Waals surface area contributed by atoms with Crippen molar-refractivity contribution in [2.24, 2.45) is 0 Å². The minimum Gasteiger partial charge on any atom is -0.463 e. The van der Waals surface area contributed by atoms with Crippen LogP contribution in [0.1, 0.15) is 5.56 Å². The van der Waals surface area contributed by atoms with E-state index in [0.29, 0.717) is 23.3 Å². The molecule has 1 unspecified atom stereocenters. The lowest BCUT2D eigenvalue weighted by Crippen LogP contribution is -2.15. The molecule has 0 fully saturated rings. The minimum atomic E-state index is -0.385. The van der Waals surface area contributed by atoms with Crippen LogP contribution in [0.25, 0.3) is 11.0 Å². The van der Waals surface area contributed by atoms with Gasteiger partial charge in [-0.05, 0) is 12.1 Å². The molecule has 1 atom stereocenters. The van der Waals surface area contributed by atoms with Crippen LogP contribution in [0.5, 0.6) is 5.75 Å². The van der Waals surface area contributed by atoms with Crippen molar-refractivity contribution in [3.8, 4) is 5.75 Å². The zero-order valence-corrected chi connectivity index (χ0v) is 8.73. The van der Waals surface area contributed by atoms with Crippen LogP contribution >= 0.6 is 0 Å². The average molecular weight is 218 g/mol. The van der Waals surface area contributed by atoms with Crippen LogP contribution in [0, 0.1) is 0 Å². The van der Waals surface area contributed by atoms with Crippen LogP contribution < -0.4 is 10.4 Å². The van der Waals surface area contributed by atoms with Gasteiger partial charge in [-0.25, -0.2) is 4.79 Å². The monoisotopic (exact) mass is 218 g/mol. The maximum atomic E-state index is 11.7. The third-order valence-corrected chi connectivity index (χ3v) is 2.74. The minimum absolute atomic E-state index is 0.340. The maximum absolute atomic E-state index is 11.7. The lowest BCUT2D eigenvalue weighted by atomic mass is 10.1. The number of ether oxygens (including phenoxy) is 2. The zero-order valence-electron chi connectivity index (χ0n) is 8.73. The van der Waals surface area contributed by atoms with E-state index in [1.165, 1.54) is 0 Å². The molecule has 0 bridgehead atoms. The summed E-state index contributed by atoms with van der Waals surface area (Å²) in [5.74, 6) is 0.596. The van der Waals surface area contributed by atoms with E-state index < -0.39 is 0 Å². The largest absolute Gasteiger partial charge is 0.463 e. The fourth-order valence-corrected chi connectivity index (χ4v) is 1.94. The summed E-state index contributed by atoms with van der Waals surface area (Å²) < 4.78 is 15.9. The fourth-order valence-electron chi connectivity index (χ4n) is 1.94. The first-order valence-corrected chi connectivity index (χ1v) is 5.04. The van der Waals surface area contributed by atoms with Gasteiger partial charge in [0, 0.05) is 13.5 Å². The number of fused-ring (bicyclic) bond motifs is 3. The van der Waals surface area contributed by atoms with Gasteiger partial charge in [-0.1, -0.05) is 12.1 Å². The fraction of sp³-hybridized carbons (Fsp3) is 0.250. The first-order valence-electron chi connectivity index (χ1n) is 5.04. The van der Waals surface area contributed by atoms with E-state index in [1.54, 1.807) is 13.2 Å². The molecule has 4 heteroatoms. The Morgan fingerprint density at radius 3 is 3.00 bits per heavy atom. The van der Waals surface area contributed by atoms with Crippen molar-refractivity contribution in [3.05, 3.63) is 40.2 Å². The second kappa shape index (κ2) is 3.35. The van der Waals surface area contributed by atoms with Gasteiger partial charge in [0.2, 0.25) is 6.29 Å². The molecule has 0 saturated heterocycles. The molecule has 1 aliphatic rings. The van der Waals surface area contributed by atoms with Gasteiger partial charge in [0.1, 0.15) is 11.3 Å². The van der Waals surface area contributed by atoms with E-state index in [1.807, 2.05) is 18.2 Å². The Morgan fingerprint density at radius 2 is 2.19 bits per heavy atom. The first-order chi connectivity index (χ1) is 7.79. The number of hydrogen-bond donors (Lipinski definition) is 0. The lowest BCUT2D eigenvalue weighted by molar-refractivity contribution is -0.0360. The van der Waals surface area contributed by atoms with Gasteiger partial charge in [-0.15, -0.1) is 0 Å². The standard InChI is InChI=1S/C12H10O4/c1-14-10-6-8-11(16-10)7-4-2-3-5-9(7)15-12(8)13/h2-5,10H,6H2,1H3. The van der Waals surface area contributed by atoms with Gasteiger partial charge in [0.25, 0.3) is 0 Å². The van der Waals surface area contributed by atoms with Gasteiger partial charge in [0.15, 0.2) is 0 Å². The molecule has 0 amide bonds. The van der Waals surface area contributed by atoms with Gasteiger partial charge in [0.05, 0.1) is 10.9 Å². The second-order valence-electron chi connectivity index (χ2n) is 3.68. The molecule has 3 rings (SSSR count). The van der Waals surface area contributed by atoms with E-state index in [4.69, 9.17) is 13.9 Å². The van der Waals surface area contributed by atoms with Crippen molar-refractivity contribution in [2.75, 3.05) is 7.11 Å². The summed E-state index contributed by atoms with van der Waals surface area (Å²) in [4.78, 5) is 11.7. The third-order valence-electron chi connectivity index (χ3n) is 2.74. The molecule has 16 heavy (non-hydrogen) atoms. The number of methoxy groups -OCH3 is 1. The summed E-state index contributed by atoms with van der Waals surface area (Å²) in [6, 6.07) is 7.32. The molecule has 0 spiro atoms. The molecule has 0 N–H and O–H groups in total. The first kappa shape index (κ1) is 9.42. The highest BCUT2D eigenvalue weighted by Crippen LogP contribution is 2.33. The summed E-state index contributed by atoms with van der Waals surface area (Å²) in [5, 5.41) is 0.816. The summed E-state index contributed by atoms with van der Waals surface area (Å²) in [5.41, 5.74) is 0.766. The van der Waals surface area contributed by atoms with Crippen LogP contribution in [-0.4, -0.2) is 13.4 Å². The normalized spacial score (nSPS) is 18.4. The lowest BCUT2D eigenvalue weighted by Gasteiger charge is -2.07. The molecule has 82 valence electrons. The highest BCUT2D eigenvalue weighted by Gasteiger charge is 2.28. The van der Waals surface area contributed by atoms with E-state index >= 15 is 0 Å². The van der Waals surface area contributed by atoms with Crippen LogP contribution in [-0.2, 0) is 11.2 Å². The summed E-state index contributed by atoms with van der Waals surface area (Å²) in [6.45, 7) is 0. The highest BCUT2D eigenvalue weighted by atomic mass is 16.7. The molecular weight excluding hydrogens is 208 g/mol. The van der Waals surface area contributed by atoms with E-state index in [2.05, 4.69) is 0 Å². The summed E-state index contributed by atoms with van der Waals surface area (Å²) >= 11 is 0. The molecule has 0 saturated carbocycles. The van der Waals surface area contributed by atoms with Gasteiger partial charge >= 0.3 is 5.63 Å². The van der Waals surface area contributed by atoms with E-state index in [0.717, 1.165) is 5.39 Å². The molecule has 4 nitrogen and oxygen atoms in total. The van der Waals surface area contributed by atoms with Crippen molar-refractivity contribution >= 4 is 11.0 Å². The van der Waals surface area contributed by atoms with Crippen LogP contribution in [0.4, 0.5) is 0 Å². The average Bonchev–Trinajstić information content (AvgIpc) is 2.74. The van der Waals surface area contributed by atoms with Crippen LogP contribution in [0.3, 0.4) is 0 Å². The Hall–Kier alpha value is -1.81. The predicted molar refractivity (Wildman–Crippen MR) is 57.6 cm³/mol. The van der Waals surface area contributed by atoms with Crippen LogP contribution in [0.15, 0.2) is 33.5 Å². The van der Waals surface area contributed by atoms with Gasteiger partial charge in [-0.3, -0.25) is 0 Å². The SMILES string of the molecule is COC1Cc2c(c3ccccc3oc2=O)O1. The highest BCUT2D eigenvalue weighted by molar-refractivity contribution is 5.84. The van der Waals surface area contributed by atoms with Gasteiger partial charge < -0.3 is 13.9 Å². The van der Waals surface area contributed by atoms with Crippen molar-refractivity contribution in [1.29, 1.82) is 0 Å². The molecule has 2 aromatic rings. The Labute approximate surface area is 91.4 Å². The topological polar surface area (TPSA) is 48.7 Å². The van der Waals surface area contributed by atoms with Gasteiger partial charge in [-0.2, -0.15) is 0 Å². The number of hydrogen-bond acceptors (Lipinski definition) is 4. The number of para-hydroxylation sites is 1. The maximum Gasteiger partial charge on any atom is 0.343 e. The molecule has 1 aromatic heterocycles. The Kier molecular flexibility index (Phi) is 1.97. The summed E-state index contributed by atoms with van der Waals surface area (Å²) in [6.07, 6.45) is 0.0580. The second-order valence-corrected chi connectivity index (χ2v) is 3.68. The van der Waals surface area contributed by atoms with E-state index in [-0.39, 0.29) is 11.9 Å². The Bertz CT molecular complexity index is 599. The van der Waals surface area contributed by atoms with Crippen molar-refractivity contribution in [2.45, 2.75) is 12.7 Å². The third kappa shape index (κ3) is 1.23. The van der Waals surface area contributed by atoms with Crippen molar-refractivity contribution < 1.29 is 13.9 Å². The summed E-state index contributed by atoms with van der Waals surface area (Å²) in [7, 11) is 1.56. The Morgan fingerprint density at radius 1 is 1.38 bits per heavy atom.